The molecule has 0 bridgehead atoms. The van der Waals surface area contributed by atoms with Crippen molar-refractivity contribution in [2.45, 2.75) is 37.6 Å². The van der Waals surface area contributed by atoms with Gasteiger partial charge in [0, 0.05) is 24.6 Å². The fraction of sp³-hybridized carbons (Fsp3) is 0.294. The molecule has 1 aromatic heterocycles. The number of nitrogens with one attached hydrogen (secondary N) is 2. The molecule has 0 saturated carbocycles. The van der Waals surface area contributed by atoms with E-state index in [0.717, 1.165) is 11.1 Å². The van der Waals surface area contributed by atoms with E-state index in [4.69, 9.17) is 0 Å². The smallest absolute Gasteiger partial charge is 0.240 e. The Bertz CT molecular complexity index is 906. The van der Waals surface area contributed by atoms with E-state index in [2.05, 4.69) is 15.0 Å². The molecule has 1 aliphatic rings. The maximum absolute atomic E-state index is 12.6. The number of pyridine rings is 1. The van der Waals surface area contributed by atoms with E-state index in [1.165, 1.54) is 0 Å². The van der Waals surface area contributed by atoms with Crippen LogP contribution in [0, 0.1) is 6.92 Å². The van der Waals surface area contributed by atoms with Crippen LogP contribution in [0.15, 0.2) is 41.6 Å². The SMILES string of the molecule is Cc1cc(S(=O)(=O)NCc2cccnc2)cc2c1NC(=O)C2(C)C. The summed E-state index contributed by atoms with van der Waals surface area (Å²) in [6, 6.07) is 6.70. The number of fused-ring (bicyclic) bond motifs is 1. The molecule has 24 heavy (non-hydrogen) atoms. The lowest BCUT2D eigenvalue weighted by atomic mass is 9.85. The molecule has 0 atom stereocenters. The summed E-state index contributed by atoms with van der Waals surface area (Å²) in [4.78, 5) is 16.2. The summed E-state index contributed by atoms with van der Waals surface area (Å²) in [5, 5.41) is 2.83. The van der Waals surface area contributed by atoms with Gasteiger partial charge >= 0.3 is 0 Å². The van der Waals surface area contributed by atoms with Gasteiger partial charge < -0.3 is 5.32 Å². The van der Waals surface area contributed by atoms with Crippen molar-refractivity contribution in [3.8, 4) is 0 Å². The lowest BCUT2D eigenvalue weighted by molar-refractivity contribution is -0.119. The Kier molecular flexibility index (Phi) is 3.93. The quantitative estimate of drug-likeness (QED) is 0.888. The van der Waals surface area contributed by atoms with Crippen LogP contribution in [0.3, 0.4) is 0 Å². The van der Waals surface area contributed by atoms with Crippen molar-refractivity contribution in [2.75, 3.05) is 5.32 Å². The molecule has 2 aromatic rings. The van der Waals surface area contributed by atoms with E-state index in [1.54, 1.807) is 57.4 Å². The molecule has 126 valence electrons. The highest BCUT2D eigenvalue weighted by Crippen LogP contribution is 2.40. The fourth-order valence-electron chi connectivity index (χ4n) is 2.72. The Morgan fingerprint density at radius 3 is 2.71 bits per heavy atom. The standard InChI is InChI=1S/C17H19N3O3S/c1-11-7-13(8-14-15(11)20-16(21)17(14,2)3)24(22,23)19-10-12-5-4-6-18-9-12/h4-9,19H,10H2,1-3H3,(H,20,21). The maximum atomic E-state index is 12.6. The van der Waals surface area contributed by atoms with Gasteiger partial charge in [-0.2, -0.15) is 0 Å². The van der Waals surface area contributed by atoms with Crippen LogP contribution >= 0.6 is 0 Å². The van der Waals surface area contributed by atoms with Gasteiger partial charge in [-0.3, -0.25) is 9.78 Å². The minimum atomic E-state index is -3.69. The van der Waals surface area contributed by atoms with Crippen LogP contribution in [0.25, 0.3) is 0 Å². The molecular weight excluding hydrogens is 326 g/mol. The average molecular weight is 345 g/mol. The Labute approximate surface area is 141 Å². The predicted octanol–water partition coefficient (Wildman–Crippen LogP) is 2.10. The second kappa shape index (κ2) is 5.68. The first kappa shape index (κ1) is 16.6. The third-order valence-electron chi connectivity index (χ3n) is 4.29. The van der Waals surface area contributed by atoms with Crippen molar-refractivity contribution in [2.24, 2.45) is 0 Å². The van der Waals surface area contributed by atoms with Gasteiger partial charge in [-0.25, -0.2) is 13.1 Å². The molecule has 6 nitrogen and oxygen atoms in total. The first-order valence-corrected chi connectivity index (χ1v) is 9.05. The van der Waals surface area contributed by atoms with Crippen LogP contribution in [-0.2, 0) is 26.8 Å². The van der Waals surface area contributed by atoms with Crippen molar-refractivity contribution in [1.82, 2.24) is 9.71 Å². The van der Waals surface area contributed by atoms with Crippen molar-refractivity contribution >= 4 is 21.6 Å². The molecule has 2 N–H and O–H groups in total. The fourth-order valence-corrected chi connectivity index (χ4v) is 3.85. The molecule has 0 unspecified atom stereocenters. The molecule has 0 radical (unpaired) electrons. The largest absolute Gasteiger partial charge is 0.325 e. The molecule has 1 amide bonds. The van der Waals surface area contributed by atoms with Crippen LogP contribution in [0.2, 0.25) is 0 Å². The number of rotatable bonds is 4. The number of carbonyl (C=O) groups excluding carboxylic acids is 1. The van der Waals surface area contributed by atoms with Crippen LogP contribution in [0.4, 0.5) is 5.69 Å². The zero-order valence-corrected chi connectivity index (χ0v) is 14.6. The zero-order valence-electron chi connectivity index (χ0n) is 13.8. The van der Waals surface area contributed by atoms with Gasteiger partial charge in [-0.15, -0.1) is 0 Å². The number of aromatic nitrogens is 1. The summed E-state index contributed by atoms with van der Waals surface area (Å²) in [6.45, 7) is 5.52. The lowest BCUT2D eigenvalue weighted by Crippen LogP contribution is -2.27. The molecule has 1 aliphatic heterocycles. The highest BCUT2D eigenvalue weighted by Gasteiger charge is 2.40. The second-order valence-corrected chi connectivity index (χ2v) is 8.19. The topological polar surface area (TPSA) is 88.2 Å². The minimum absolute atomic E-state index is 0.126. The highest BCUT2D eigenvalue weighted by atomic mass is 32.2. The minimum Gasteiger partial charge on any atom is -0.325 e. The number of benzene rings is 1. The Hall–Kier alpha value is -2.25. The average Bonchev–Trinajstić information content (AvgIpc) is 2.77. The molecular formula is C17H19N3O3S. The zero-order chi connectivity index (χ0) is 17.5. The van der Waals surface area contributed by atoms with Gasteiger partial charge in [0.15, 0.2) is 0 Å². The first-order chi connectivity index (χ1) is 11.2. The summed E-state index contributed by atoms with van der Waals surface area (Å²) in [6.07, 6.45) is 3.25. The Balaban J connectivity index is 1.94. The molecule has 7 heteroatoms. The highest BCUT2D eigenvalue weighted by molar-refractivity contribution is 7.89. The Morgan fingerprint density at radius 2 is 2.04 bits per heavy atom. The van der Waals surface area contributed by atoms with Gasteiger partial charge in [0.05, 0.1) is 10.3 Å². The van der Waals surface area contributed by atoms with Gasteiger partial charge in [0.1, 0.15) is 0 Å². The summed E-state index contributed by atoms with van der Waals surface area (Å²) in [5.41, 5.74) is 2.16. The van der Waals surface area contributed by atoms with E-state index in [1.807, 2.05) is 0 Å². The second-order valence-electron chi connectivity index (χ2n) is 6.43. The first-order valence-electron chi connectivity index (χ1n) is 7.57. The molecule has 0 fully saturated rings. The van der Waals surface area contributed by atoms with E-state index in [-0.39, 0.29) is 17.3 Å². The number of nitrogens with zero attached hydrogens (tertiary/aromatic N) is 1. The van der Waals surface area contributed by atoms with Crippen molar-refractivity contribution in [1.29, 1.82) is 0 Å². The monoisotopic (exact) mass is 345 g/mol. The number of anilines is 1. The molecule has 1 aromatic carbocycles. The maximum Gasteiger partial charge on any atom is 0.240 e. The third-order valence-corrected chi connectivity index (χ3v) is 5.67. The number of hydrogen-bond donors (Lipinski definition) is 2. The normalized spacial score (nSPS) is 15.9. The van der Waals surface area contributed by atoms with Gasteiger partial charge in [-0.05, 0) is 55.7 Å². The predicted molar refractivity (Wildman–Crippen MR) is 91.1 cm³/mol. The molecule has 2 heterocycles. The summed E-state index contributed by atoms with van der Waals surface area (Å²) in [5.74, 6) is -0.126. The van der Waals surface area contributed by atoms with Gasteiger partial charge in [0.2, 0.25) is 15.9 Å². The summed E-state index contributed by atoms with van der Waals surface area (Å²) < 4.78 is 27.8. The third kappa shape index (κ3) is 2.81. The van der Waals surface area contributed by atoms with E-state index >= 15 is 0 Å². The Morgan fingerprint density at radius 1 is 1.29 bits per heavy atom. The number of sulfonamides is 1. The van der Waals surface area contributed by atoms with Crippen LogP contribution < -0.4 is 10.0 Å². The number of aryl methyl sites for hydroxylation is 1. The van der Waals surface area contributed by atoms with E-state index < -0.39 is 15.4 Å². The molecule has 3 rings (SSSR count). The van der Waals surface area contributed by atoms with Crippen molar-refractivity contribution in [3.63, 3.8) is 0 Å². The summed E-state index contributed by atoms with van der Waals surface area (Å²) in [7, 11) is -3.69. The number of hydrogen-bond acceptors (Lipinski definition) is 4. The molecule has 0 saturated heterocycles. The molecule has 0 spiro atoms. The molecule has 0 aliphatic carbocycles. The van der Waals surface area contributed by atoms with Crippen LogP contribution in [-0.4, -0.2) is 19.3 Å². The summed E-state index contributed by atoms with van der Waals surface area (Å²) >= 11 is 0. The van der Waals surface area contributed by atoms with Crippen LogP contribution in [0.5, 0.6) is 0 Å². The number of carbonyl (C=O) groups is 1. The van der Waals surface area contributed by atoms with E-state index in [0.29, 0.717) is 11.3 Å². The van der Waals surface area contributed by atoms with Crippen molar-refractivity contribution < 1.29 is 13.2 Å². The number of amides is 1. The van der Waals surface area contributed by atoms with E-state index in [9.17, 15) is 13.2 Å². The van der Waals surface area contributed by atoms with Crippen molar-refractivity contribution in [3.05, 3.63) is 53.3 Å². The van der Waals surface area contributed by atoms with Crippen LogP contribution in [0.1, 0.15) is 30.5 Å². The lowest BCUT2D eigenvalue weighted by Gasteiger charge is -2.17. The van der Waals surface area contributed by atoms with Gasteiger partial charge in [-0.1, -0.05) is 6.07 Å². The van der Waals surface area contributed by atoms with Gasteiger partial charge in [0.25, 0.3) is 0 Å².